The molecule has 2 saturated heterocycles. The van der Waals surface area contributed by atoms with Crippen molar-refractivity contribution in [1.29, 1.82) is 0 Å². The molecule has 0 unspecified atom stereocenters. The SMILES string of the molecule is Nc1c(Br)cc(C[C@@H](NC(=O)N2CCC(N3CCc4cscc4NC3=O)CC2)C(=O)N2CCN(c3ccncc3)CC2)cc1C(F)(F)F. The average Bonchev–Trinajstić information content (AvgIpc) is 3.45. The monoisotopic (exact) mass is 748 g/mol. The van der Waals surface area contributed by atoms with Gasteiger partial charge < -0.3 is 36.0 Å². The maximum absolute atomic E-state index is 14.0. The highest BCUT2D eigenvalue weighted by Crippen LogP contribution is 2.38. The number of nitrogens with one attached hydrogen (secondary N) is 2. The molecule has 48 heavy (non-hydrogen) atoms. The standard InChI is InChI=1S/C32H36BrF3N8O3S/c33-25-16-20(15-24(28(25)37)32(34,35)36)17-26(29(45)42-13-11-41(12-14-42)22-1-6-38-7-2-22)39-30(46)43-8-4-23(5-9-43)44-10-3-21-18-48-19-27(21)40-31(44)47/h1-2,6-7,15-16,18-19,23,26H,3-5,8-14,17,37H2,(H,39,46)(H,40,47)/t26-/m1/s1. The van der Waals surface area contributed by atoms with Crippen LogP contribution in [-0.4, -0.2) is 95.6 Å². The number of rotatable bonds is 6. The van der Waals surface area contributed by atoms with Crippen LogP contribution in [-0.2, 0) is 23.8 Å². The lowest BCUT2D eigenvalue weighted by molar-refractivity contribution is -0.137. The number of nitrogens with zero attached hydrogens (tertiary/aromatic N) is 5. The number of anilines is 3. The Hall–Kier alpha value is -4.05. The molecule has 1 aromatic carbocycles. The topological polar surface area (TPSA) is 127 Å². The Morgan fingerprint density at radius 3 is 2.44 bits per heavy atom. The molecule has 5 heterocycles. The van der Waals surface area contributed by atoms with Crippen molar-refractivity contribution >= 4 is 62.3 Å². The maximum Gasteiger partial charge on any atom is 0.418 e. The van der Waals surface area contributed by atoms with Crippen LogP contribution in [0.5, 0.6) is 0 Å². The molecule has 1 atom stereocenters. The van der Waals surface area contributed by atoms with Crippen LogP contribution in [0.4, 0.5) is 39.8 Å². The van der Waals surface area contributed by atoms with E-state index in [4.69, 9.17) is 5.73 Å². The van der Waals surface area contributed by atoms with E-state index >= 15 is 0 Å². The molecule has 2 fully saturated rings. The number of halogens is 4. The number of amides is 5. The van der Waals surface area contributed by atoms with Gasteiger partial charge in [0.1, 0.15) is 6.04 Å². The number of hydrogen-bond acceptors (Lipinski definition) is 7. The van der Waals surface area contributed by atoms with Crippen molar-refractivity contribution in [2.45, 2.75) is 43.9 Å². The van der Waals surface area contributed by atoms with Crippen LogP contribution in [0.1, 0.15) is 29.5 Å². The summed E-state index contributed by atoms with van der Waals surface area (Å²) in [7, 11) is 0. The van der Waals surface area contributed by atoms with Gasteiger partial charge in [-0.05, 0) is 76.0 Å². The van der Waals surface area contributed by atoms with Gasteiger partial charge in [-0.15, -0.1) is 11.3 Å². The number of nitrogen functional groups attached to an aromatic ring is 1. The van der Waals surface area contributed by atoms with Crippen molar-refractivity contribution < 1.29 is 27.6 Å². The third kappa shape index (κ3) is 7.48. The van der Waals surface area contributed by atoms with Crippen LogP contribution >= 0.6 is 27.3 Å². The maximum atomic E-state index is 14.0. The summed E-state index contributed by atoms with van der Waals surface area (Å²) in [5.41, 5.74) is 7.41. The fourth-order valence-electron chi connectivity index (χ4n) is 6.55. The van der Waals surface area contributed by atoms with Gasteiger partial charge in [-0.2, -0.15) is 13.2 Å². The number of thiophene rings is 1. The Labute approximate surface area is 288 Å². The average molecular weight is 750 g/mol. The molecule has 11 nitrogen and oxygen atoms in total. The number of urea groups is 2. The van der Waals surface area contributed by atoms with Crippen LogP contribution in [0.15, 0.2) is 51.9 Å². The molecule has 0 spiro atoms. The zero-order valence-electron chi connectivity index (χ0n) is 26.0. The molecule has 0 aliphatic carbocycles. The summed E-state index contributed by atoms with van der Waals surface area (Å²) >= 11 is 4.68. The summed E-state index contributed by atoms with van der Waals surface area (Å²) in [6, 6.07) is 4.37. The lowest BCUT2D eigenvalue weighted by Gasteiger charge is -2.39. The zero-order valence-corrected chi connectivity index (χ0v) is 28.4. The Bertz CT molecular complexity index is 1640. The first-order valence-electron chi connectivity index (χ1n) is 15.7. The molecule has 5 amide bonds. The number of nitrogens with two attached hydrogens (primary N) is 1. The molecule has 2 aromatic heterocycles. The molecule has 3 aromatic rings. The smallest absolute Gasteiger partial charge is 0.397 e. The van der Waals surface area contributed by atoms with E-state index in [9.17, 15) is 27.6 Å². The summed E-state index contributed by atoms with van der Waals surface area (Å²) in [5, 5.41) is 9.79. The van der Waals surface area contributed by atoms with Crippen LogP contribution in [0, 0.1) is 0 Å². The minimum atomic E-state index is -4.70. The van der Waals surface area contributed by atoms with Gasteiger partial charge in [0.15, 0.2) is 0 Å². The molecule has 4 N–H and O–H groups in total. The molecule has 6 rings (SSSR count). The summed E-state index contributed by atoms with van der Waals surface area (Å²) < 4.78 is 41.5. The second kappa shape index (κ2) is 14.2. The van der Waals surface area contributed by atoms with Crippen molar-refractivity contribution in [3.8, 4) is 0 Å². The highest BCUT2D eigenvalue weighted by molar-refractivity contribution is 9.10. The second-order valence-corrected chi connectivity index (χ2v) is 13.8. The Morgan fingerprint density at radius 2 is 1.75 bits per heavy atom. The number of piperazine rings is 1. The van der Waals surface area contributed by atoms with Crippen molar-refractivity contribution in [3.05, 3.63) is 68.6 Å². The van der Waals surface area contributed by atoms with Crippen LogP contribution in [0.3, 0.4) is 0 Å². The third-order valence-corrected chi connectivity index (χ3v) is 10.7. The normalized spacial score (nSPS) is 18.2. The molecule has 256 valence electrons. The first-order chi connectivity index (χ1) is 23.0. The van der Waals surface area contributed by atoms with Gasteiger partial charge in [-0.3, -0.25) is 9.78 Å². The lowest BCUT2D eigenvalue weighted by atomic mass is 10.0. The molecule has 3 aliphatic rings. The fraction of sp³-hybridized carbons (Fsp3) is 0.438. The molecule has 0 saturated carbocycles. The number of alkyl halides is 3. The van der Waals surface area contributed by atoms with Gasteiger partial charge in [0.05, 0.1) is 16.9 Å². The third-order valence-electron chi connectivity index (χ3n) is 9.21. The number of piperidine rings is 1. The van der Waals surface area contributed by atoms with E-state index in [2.05, 4.69) is 36.4 Å². The minimum Gasteiger partial charge on any atom is -0.397 e. The van der Waals surface area contributed by atoms with Crippen molar-refractivity contribution in [2.75, 3.05) is 61.8 Å². The number of carbonyl (C=O) groups is 3. The number of fused-ring (bicyclic) bond motifs is 1. The zero-order chi connectivity index (χ0) is 34.0. The van der Waals surface area contributed by atoms with Crippen molar-refractivity contribution in [2.24, 2.45) is 0 Å². The predicted octanol–water partition coefficient (Wildman–Crippen LogP) is 5.03. The molecular formula is C32H36BrF3N8O3S. The molecular weight excluding hydrogens is 713 g/mol. The van der Waals surface area contributed by atoms with E-state index < -0.39 is 29.5 Å². The number of aromatic nitrogens is 1. The van der Waals surface area contributed by atoms with Gasteiger partial charge in [0.25, 0.3) is 0 Å². The summed E-state index contributed by atoms with van der Waals surface area (Å²) in [6.45, 7) is 3.15. The first kappa shape index (κ1) is 33.8. The van der Waals surface area contributed by atoms with E-state index in [0.29, 0.717) is 58.7 Å². The number of pyridine rings is 1. The van der Waals surface area contributed by atoms with E-state index in [1.165, 1.54) is 6.07 Å². The fourth-order valence-corrected chi connectivity index (χ4v) is 7.88. The van der Waals surface area contributed by atoms with Crippen molar-refractivity contribution in [3.63, 3.8) is 0 Å². The van der Waals surface area contributed by atoms with Gasteiger partial charge in [0.2, 0.25) is 5.91 Å². The highest BCUT2D eigenvalue weighted by Gasteiger charge is 2.37. The molecule has 16 heteroatoms. The van der Waals surface area contributed by atoms with Gasteiger partial charge in [-0.1, -0.05) is 0 Å². The van der Waals surface area contributed by atoms with Gasteiger partial charge in [0, 0.05) is 86.2 Å². The number of hydrogen-bond donors (Lipinski definition) is 3. The van der Waals surface area contributed by atoms with Crippen LogP contribution in [0.2, 0.25) is 0 Å². The Kier molecular flexibility index (Phi) is 10.0. The minimum absolute atomic E-state index is 0.0521. The Morgan fingerprint density at radius 1 is 1.04 bits per heavy atom. The molecule has 0 bridgehead atoms. The van der Waals surface area contributed by atoms with Crippen LogP contribution < -0.4 is 21.3 Å². The molecule has 3 aliphatic heterocycles. The van der Waals surface area contributed by atoms with E-state index in [0.717, 1.165) is 29.4 Å². The second-order valence-electron chi connectivity index (χ2n) is 12.2. The largest absolute Gasteiger partial charge is 0.418 e. The number of likely N-dealkylation sites (tertiary alicyclic amines) is 1. The summed E-state index contributed by atoms with van der Waals surface area (Å²) in [4.78, 5) is 51.8. The summed E-state index contributed by atoms with van der Waals surface area (Å²) in [6.07, 6.45) is 0.398. The number of benzene rings is 1. The quantitative estimate of drug-likeness (QED) is 0.304. The van der Waals surface area contributed by atoms with E-state index in [1.807, 2.05) is 27.8 Å². The van der Waals surface area contributed by atoms with Crippen molar-refractivity contribution in [1.82, 2.24) is 25.0 Å². The Balaban J connectivity index is 1.14. The highest BCUT2D eigenvalue weighted by atomic mass is 79.9. The number of carbonyl (C=O) groups excluding carboxylic acids is 3. The van der Waals surface area contributed by atoms with E-state index in [-0.39, 0.29) is 34.4 Å². The predicted molar refractivity (Wildman–Crippen MR) is 181 cm³/mol. The first-order valence-corrected chi connectivity index (χ1v) is 17.5. The van der Waals surface area contributed by atoms with E-state index in [1.54, 1.807) is 33.5 Å². The molecule has 0 radical (unpaired) electrons. The van der Waals surface area contributed by atoms with Gasteiger partial charge in [-0.25, -0.2) is 9.59 Å². The van der Waals surface area contributed by atoms with Gasteiger partial charge >= 0.3 is 18.2 Å². The summed E-state index contributed by atoms with van der Waals surface area (Å²) in [5.74, 6) is -0.373. The lowest BCUT2D eigenvalue weighted by Crippen LogP contribution is -2.58. The van der Waals surface area contributed by atoms with Crippen LogP contribution in [0.25, 0.3) is 0 Å².